The first-order valence-corrected chi connectivity index (χ1v) is 7.60. The van der Waals surface area contributed by atoms with Crippen molar-refractivity contribution in [2.24, 2.45) is 7.05 Å². The maximum atomic E-state index is 4.57. The Bertz CT molecular complexity index is 832. The lowest BCUT2D eigenvalue weighted by atomic mass is 10.1. The maximum Gasteiger partial charge on any atom is 0.157 e. The largest absolute Gasteiger partial charge is 0.355 e. The van der Waals surface area contributed by atoms with Crippen LogP contribution in [0.3, 0.4) is 0 Å². The van der Waals surface area contributed by atoms with Gasteiger partial charge in [-0.3, -0.25) is 9.67 Å². The number of pyridine rings is 1. The standard InChI is InChI=1S/C16H18N6/c1-11-13-9-12(10-19-15(13)21(2)20-11)14-16(18-6-5-17-14)22-7-3-4-8-22/h5-6,9-10H,3-4,7-8H2,1-2H3. The molecule has 1 aliphatic heterocycles. The van der Waals surface area contributed by atoms with E-state index in [2.05, 4.69) is 31.0 Å². The van der Waals surface area contributed by atoms with Gasteiger partial charge in [0, 0.05) is 49.7 Å². The highest BCUT2D eigenvalue weighted by molar-refractivity contribution is 5.84. The Labute approximate surface area is 128 Å². The van der Waals surface area contributed by atoms with Crippen LogP contribution >= 0.6 is 0 Å². The SMILES string of the molecule is Cc1nn(C)c2ncc(-c3nccnc3N3CCCC3)cc12. The lowest BCUT2D eigenvalue weighted by Crippen LogP contribution is -2.20. The zero-order valence-electron chi connectivity index (χ0n) is 12.8. The van der Waals surface area contributed by atoms with Gasteiger partial charge in [-0.2, -0.15) is 5.10 Å². The third-order valence-electron chi connectivity index (χ3n) is 4.22. The molecule has 0 aromatic carbocycles. The highest BCUT2D eigenvalue weighted by Gasteiger charge is 2.19. The van der Waals surface area contributed by atoms with E-state index >= 15 is 0 Å². The second-order valence-corrected chi connectivity index (χ2v) is 5.73. The fourth-order valence-corrected chi connectivity index (χ4v) is 3.13. The second-order valence-electron chi connectivity index (χ2n) is 5.73. The van der Waals surface area contributed by atoms with Crippen molar-refractivity contribution in [1.29, 1.82) is 0 Å². The molecule has 3 aromatic rings. The summed E-state index contributed by atoms with van der Waals surface area (Å²) >= 11 is 0. The summed E-state index contributed by atoms with van der Waals surface area (Å²) in [5, 5.41) is 5.50. The zero-order valence-corrected chi connectivity index (χ0v) is 12.8. The van der Waals surface area contributed by atoms with Gasteiger partial charge in [-0.1, -0.05) is 0 Å². The van der Waals surface area contributed by atoms with Crippen molar-refractivity contribution in [1.82, 2.24) is 24.7 Å². The molecule has 0 aliphatic carbocycles. The Hall–Kier alpha value is -2.50. The highest BCUT2D eigenvalue weighted by Crippen LogP contribution is 2.30. The van der Waals surface area contributed by atoms with E-state index in [1.54, 1.807) is 12.4 Å². The minimum atomic E-state index is 0.896. The van der Waals surface area contributed by atoms with Crippen LogP contribution in [0.2, 0.25) is 0 Å². The van der Waals surface area contributed by atoms with Crippen molar-refractivity contribution in [3.8, 4) is 11.3 Å². The van der Waals surface area contributed by atoms with Gasteiger partial charge in [-0.25, -0.2) is 9.97 Å². The van der Waals surface area contributed by atoms with Crippen LogP contribution in [-0.2, 0) is 7.05 Å². The normalized spacial score (nSPS) is 14.9. The first-order chi connectivity index (χ1) is 10.7. The Morgan fingerprint density at radius 1 is 1.05 bits per heavy atom. The van der Waals surface area contributed by atoms with Crippen molar-refractivity contribution in [2.45, 2.75) is 19.8 Å². The van der Waals surface area contributed by atoms with Crippen LogP contribution in [0.4, 0.5) is 5.82 Å². The van der Waals surface area contributed by atoms with Crippen molar-refractivity contribution >= 4 is 16.9 Å². The van der Waals surface area contributed by atoms with Gasteiger partial charge in [-0.15, -0.1) is 0 Å². The number of rotatable bonds is 2. The first kappa shape index (κ1) is 13.2. The van der Waals surface area contributed by atoms with Crippen LogP contribution in [0.15, 0.2) is 24.7 Å². The molecule has 0 unspecified atom stereocenters. The highest BCUT2D eigenvalue weighted by atomic mass is 15.3. The number of aryl methyl sites for hydroxylation is 2. The van der Waals surface area contributed by atoms with Gasteiger partial charge in [0.1, 0.15) is 5.69 Å². The molecule has 3 aromatic heterocycles. The summed E-state index contributed by atoms with van der Waals surface area (Å²) < 4.78 is 1.81. The summed E-state index contributed by atoms with van der Waals surface area (Å²) in [4.78, 5) is 16.0. The molecular formula is C16H18N6. The topological polar surface area (TPSA) is 59.7 Å². The van der Waals surface area contributed by atoms with Gasteiger partial charge >= 0.3 is 0 Å². The van der Waals surface area contributed by atoms with Crippen LogP contribution in [0.5, 0.6) is 0 Å². The number of hydrogen-bond acceptors (Lipinski definition) is 5. The molecule has 0 radical (unpaired) electrons. The average molecular weight is 294 g/mol. The summed E-state index contributed by atoms with van der Waals surface area (Å²) in [6.45, 7) is 4.10. The summed E-state index contributed by atoms with van der Waals surface area (Å²) in [6.07, 6.45) is 7.81. The van der Waals surface area contributed by atoms with Gasteiger partial charge < -0.3 is 4.90 Å². The summed E-state index contributed by atoms with van der Waals surface area (Å²) in [5.41, 5.74) is 3.78. The average Bonchev–Trinajstić information content (AvgIpc) is 3.16. The van der Waals surface area contributed by atoms with E-state index < -0.39 is 0 Å². The molecule has 0 spiro atoms. The Kier molecular flexibility index (Phi) is 3.03. The lowest BCUT2D eigenvalue weighted by Gasteiger charge is -2.18. The van der Waals surface area contributed by atoms with Gasteiger partial charge in [0.15, 0.2) is 11.5 Å². The molecule has 0 amide bonds. The van der Waals surface area contributed by atoms with Crippen molar-refractivity contribution < 1.29 is 0 Å². The molecule has 4 rings (SSSR count). The lowest BCUT2D eigenvalue weighted by molar-refractivity contribution is 0.774. The number of fused-ring (bicyclic) bond motifs is 1. The van der Waals surface area contributed by atoms with Crippen LogP contribution < -0.4 is 4.90 Å². The third-order valence-corrected chi connectivity index (χ3v) is 4.22. The molecule has 0 atom stereocenters. The van der Waals surface area contributed by atoms with Gasteiger partial charge in [-0.05, 0) is 25.8 Å². The third kappa shape index (κ3) is 2.03. The van der Waals surface area contributed by atoms with E-state index in [9.17, 15) is 0 Å². The van der Waals surface area contributed by atoms with Crippen LogP contribution in [0, 0.1) is 6.92 Å². The Morgan fingerprint density at radius 3 is 2.64 bits per heavy atom. The molecule has 0 N–H and O–H groups in total. The fraction of sp³-hybridized carbons (Fsp3) is 0.375. The van der Waals surface area contributed by atoms with E-state index in [0.29, 0.717) is 0 Å². The van der Waals surface area contributed by atoms with Crippen LogP contribution in [0.1, 0.15) is 18.5 Å². The molecule has 0 bridgehead atoms. The minimum absolute atomic E-state index is 0.896. The minimum Gasteiger partial charge on any atom is -0.355 e. The van der Waals surface area contributed by atoms with E-state index in [1.165, 1.54) is 12.8 Å². The number of anilines is 1. The molecule has 1 saturated heterocycles. The smallest absolute Gasteiger partial charge is 0.157 e. The molecule has 4 heterocycles. The van der Waals surface area contributed by atoms with E-state index in [1.807, 2.05) is 24.9 Å². The molecule has 6 nitrogen and oxygen atoms in total. The van der Waals surface area contributed by atoms with Crippen molar-refractivity contribution in [2.75, 3.05) is 18.0 Å². The number of aromatic nitrogens is 5. The molecule has 112 valence electrons. The molecular weight excluding hydrogens is 276 g/mol. The maximum absolute atomic E-state index is 4.57. The molecule has 1 aliphatic rings. The van der Waals surface area contributed by atoms with Crippen LogP contribution in [0.25, 0.3) is 22.3 Å². The quantitative estimate of drug-likeness (QED) is 0.726. The zero-order chi connectivity index (χ0) is 15.1. The van der Waals surface area contributed by atoms with Gasteiger partial charge in [0.2, 0.25) is 0 Å². The van der Waals surface area contributed by atoms with Crippen molar-refractivity contribution in [3.05, 3.63) is 30.4 Å². The molecule has 1 fully saturated rings. The van der Waals surface area contributed by atoms with E-state index in [4.69, 9.17) is 0 Å². The fourth-order valence-electron chi connectivity index (χ4n) is 3.13. The number of hydrogen-bond donors (Lipinski definition) is 0. The Balaban J connectivity index is 1.86. The summed E-state index contributed by atoms with van der Waals surface area (Å²) in [5.74, 6) is 0.961. The van der Waals surface area contributed by atoms with E-state index in [-0.39, 0.29) is 0 Å². The second kappa shape index (κ2) is 5.05. The van der Waals surface area contributed by atoms with Gasteiger partial charge in [0.05, 0.1) is 5.69 Å². The predicted molar refractivity (Wildman–Crippen MR) is 85.7 cm³/mol. The van der Waals surface area contributed by atoms with E-state index in [0.717, 1.165) is 46.9 Å². The molecule has 0 saturated carbocycles. The van der Waals surface area contributed by atoms with Crippen LogP contribution in [-0.4, -0.2) is 37.8 Å². The predicted octanol–water partition coefficient (Wildman–Crippen LogP) is 2.33. The van der Waals surface area contributed by atoms with Gasteiger partial charge in [0.25, 0.3) is 0 Å². The molecule has 6 heteroatoms. The monoisotopic (exact) mass is 294 g/mol. The summed E-state index contributed by atoms with van der Waals surface area (Å²) in [6, 6.07) is 2.12. The Morgan fingerprint density at radius 2 is 1.82 bits per heavy atom. The molecule has 22 heavy (non-hydrogen) atoms. The van der Waals surface area contributed by atoms with Crippen molar-refractivity contribution in [3.63, 3.8) is 0 Å². The first-order valence-electron chi connectivity index (χ1n) is 7.60. The number of nitrogens with zero attached hydrogens (tertiary/aromatic N) is 6. The summed E-state index contributed by atoms with van der Waals surface area (Å²) in [7, 11) is 1.92.